The topological polar surface area (TPSA) is 42.7 Å². The zero-order chi connectivity index (χ0) is 14.7. The fourth-order valence-electron chi connectivity index (χ4n) is 2.52. The standard InChI is InChI=1S/C17H19NO3/c1-13-9-10-18(11-13)17(19)16-8-7-15(21-16)12-20-14-5-3-2-4-6-14/h2-8,13H,9-12H2,1H3/t13-/m1/s1. The van der Waals surface area contributed by atoms with Crippen LogP contribution in [0.5, 0.6) is 5.75 Å². The number of para-hydroxylation sites is 1. The van der Waals surface area contributed by atoms with Gasteiger partial charge in [0.25, 0.3) is 5.91 Å². The molecule has 0 unspecified atom stereocenters. The molecule has 2 heterocycles. The summed E-state index contributed by atoms with van der Waals surface area (Å²) >= 11 is 0. The molecule has 110 valence electrons. The van der Waals surface area contributed by atoms with Crippen LogP contribution in [0.25, 0.3) is 0 Å². The van der Waals surface area contributed by atoms with Crippen LogP contribution >= 0.6 is 0 Å². The van der Waals surface area contributed by atoms with Crippen LogP contribution in [0.2, 0.25) is 0 Å². The molecule has 2 aromatic rings. The zero-order valence-electron chi connectivity index (χ0n) is 12.1. The largest absolute Gasteiger partial charge is 0.486 e. The van der Waals surface area contributed by atoms with Gasteiger partial charge in [-0.05, 0) is 36.6 Å². The molecule has 0 radical (unpaired) electrons. The summed E-state index contributed by atoms with van der Waals surface area (Å²) in [5, 5.41) is 0. The second-order valence-electron chi connectivity index (χ2n) is 5.51. The van der Waals surface area contributed by atoms with Gasteiger partial charge in [0.1, 0.15) is 18.1 Å². The molecule has 4 heteroatoms. The highest BCUT2D eigenvalue weighted by molar-refractivity contribution is 5.91. The summed E-state index contributed by atoms with van der Waals surface area (Å²) in [6.07, 6.45) is 1.07. The van der Waals surface area contributed by atoms with Crippen molar-refractivity contribution in [2.75, 3.05) is 13.1 Å². The normalized spacial score (nSPS) is 18.0. The third kappa shape index (κ3) is 3.27. The van der Waals surface area contributed by atoms with Crippen LogP contribution in [0.3, 0.4) is 0 Å². The van der Waals surface area contributed by atoms with Crippen molar-refractivity contribution in [1.29, 1.82) is 0 Å². The van der Waals surface area contributed by atoms with Crippen molar-refractivity contribution in [3.8, 4) is 5.75 Å². The van der Waals surface area contributed by atoms with Crippen LogP contribution in [0, 0.1) is 5.92 Å². The van der Waals surface area contributed by atoms with Gasteiger partial charge in [0.15, 0.2) is 5.76 Å². The molecule has 3 rings (SSSR count). The number of benzene rings is 1. The van der Waals surface area contributed by atoms with Crippen LogP contribution in [0.15, 0.2) is 46.9 Å². The second kappa shape index (κ2) is 6.04. The summed E-state index contributed by atoms with van der Waals surface area (Å²) < 4.78 is 11.2. The Bertz CT molecular complexity index is 606. The number of nitrogens with zero attached hydrogens (tertiary/aromatic N) is 1. The number of hydrogen-bond donors (Lipinski definition) is 0. The molecule has 0 N–H and O–H groups in total. The Kier molecular flexibility index (Phi) is 3.95. The molecule has 1 fully saturated rings. The Morgan fingerprint density at radius 1 is 1.29 bits per heavy atom. The molecule has 0 aliphatic carbocycles. The minimum Gasteiger partial charge on any atom is -0.486 e. The fourth-order valence-corrected chi connectivity index (χ4v) is 2.52. The number of hydrogen-bond acceptors (Lipinski definition) is 3. The molecule has 0 saturated carbocycles. The van der Waals surface area contributed by atoms with Gasteiger partial charge in [-0.25, -0.2) is 0 Å². The number of likely N-dealkylation sites (tertiary alicyclic amines) is 1. The van der Waals surface area contributed by atoms with Gasteiger partial charge in [-0.15, -0.1) is 0 Å². The van der Waals surface area contributed by atoms with Gasteiger partial charge in [-0.2, -0.15) is 0 Å². The Balaban J connectivity index is 1.60. The molecular weight excluding hydrogens is 266 g/mol. The number of rotatable bonds is 4. The van der Waals surface area contributed by atoms with Gasteiger partial charge < -0.3 is 14.1 Å². The van der Waals surface area contributed by atoms with Gasteiger partial charge >= 0.3 is 0 Å². The highest BCUT2D eigenvalue weighted by Crippen LogP contribution is 2.20. The van der Waals surface area contributed by atoms with E-state index in [0.29, 0.717) is 24.0 Å². The van der Waals surface area contributed by atoms with Gasteiger partial charge in [0.05, 0.1) is 0 Å². The van der Waals surface area contributed by atoms with Crippen molar-refractivity contribution >= 4 is 5.91 Å². The number of amides is 1. The molecule has 1 aromatic heterocycles. The van der Waals surface area contributed by atoms with E-state index in [1.807, 2.05) is 35.2 Å². The molecule has 0 spiro atoms. The van der Waals surface area contributed by atoms with Crippen molar-refractivity contribution in [3.63, 3.8) is 0 Å². The summed E-state index contributed by atoms with van der Waals surface area (Å²) in [5.74, 6) is 2.40. The third-order valence-corrected chi connectivity index (χ3v) is 3.71. The number of ether oxygens (including phenoxy) is 1. The lowest BCUT2D eigenvalue weighted by molar-refractivity contribution is 0.0752. The first kappa shape index (κ1) is 13.7. The van der Waals surface area contributed by atoms with Crippen molar-refractivity contribution in [3.05, 3.63) is 54.0 Å². The van der Waals surface area contributed by atoms with E-state index in [1.54, 1.807) is 12.1 Å². The number of carbonyl (C=O) groups is 1. The maximum Gasteiger partial charge on any atom is 0.289 e. The van der Waals surface area contributed by atoms with E-state index in [4.69, 9.17) is 9.15 Å². The van der Waals surface area contributed by atoms with Crippen molar-refractivity contribution in [1.82, 2.24) is 4.90 Å². The van der Waals surface area contributed by atoms with Gasteiger partial charge in [-0.3, -0.25) is 4.79 Å². The summed E-state index contributed by atoms with van der Waals surface area (Å²) in [6.45, 7) is 4.12. The van der Waals surface area contributed by atoms with Crippen molar-refractivity contribution in [2.45, 2.75) is 20.0 Å². The molecule has 1 amide bonds. The maximum absolute atomic E-state index is 12.3. The molecule has 21 heavy (non-hydrogen) atoms. The molecule has 4 nitrogen and oxygen atoms in total. The lowest BCUT2D eigenvalue weighted by atomic mass is 10.2. The average molecular weight is 285 g/mol. The van der Waals surface area contributed by atoms with Crippen LogP contribution in [-0.4, -0.2) is 23.9 Å². The smallest absolute Gasteiger partial charge is 0.289 e. The summed E-state index contributed by atoms with van der Waals surface area (Å²) in [7, 11) is 0. The second-order valence-corrected chi connectivity index (χ2v) is 5.51. The Morgan fingerprint density at radius 2 is 2.10 bits per heavy atom. The molecule has 0 bridgehead atoms. The molecule has 1 atom stereocenters. The van der Waals surface area contributed by atoms with Crippen LogP contribution < -0.4 is 4.74 Å². The zero-order valence-corrected chi connectivity index (χ0v) is 12.1. The summed E-state index contributed by atoms with van der Waals surface area (Å²) in [6, 6.07) is 13.1. The van der Waals surface area contributed by atoms with E-state index in [-0.39, 0.29) is 5.91 Å². The van der Waals surface area contributed by atoms with Crippen LogP contribution in [-0.2, 0) is 6.61 Å². The first-order chi connectivity index (χ1) is 10.2. The minimum absolute atomic E-state index is 0.0229. The van der Waals surface area contributed by atoms with E-state index in [1.165, 1.54) is 0 Å². The van der Waals surface area contributed by atoms with E-state index in [2.05, 4.69) is 6.92 Å². The van der Waals surface area contributed by atoms with Crippen LogP contribution in [0.4, 0.5) is 0 Å². The average Bonchev–Trinajstić information content (AvgIpc) is 3.14. The van der Waals surface area contributed by atoms with E-state index in [9.17, 15) is 4.79 Å². The minimum atomic E-state index is -0.0229. The van der Waals surface area contributed by atoms with Crippen molar-refractivity contribution < 1.29 is 13.9 Å². The first-order valence-electron chi connectivity index (χ1n) is 7.28. The van der Waals surface area contributed by atoms with Gasteiger partial charge in [0.2, 0.25) is 0 Å². The highest BCUT2D eigenvalue weighted by atomic mass is 16.5. The SMILES string of the molecule is C[C@@H]1CCN(C(=O)c2ccc(COc3ccccc3)o2)C1. The lowest BCUT2D eigenvalue weighted by Crippen LogP contribution is -2.28. The molecule has 1 aliphatic rings. The highest BCUT2D eigenvalue weighted by Gasteiger charge is 2.26. The molecule has 1 aliphatic heterocycles. The van der Waals surface area contributed by atoms with E-state index >= 15 is 0 Å². The fraction of sp³-hybridized carbons (Fsp3) is 0.353. The number of furan rings is 1. The summed E-state index contributed by atoms with van der Waals surface area (Å²) in [5.41, 5.74) is 0. The predicted octanol–water partition coefficient (Wildman–Crippen LogP) is 3.34. The van der Waals surface area contributed by atoms with Crippen molar-refractivity contribution in [2.24, 2.45) is 5.92 Å². The predicted molar refractivity (Wildman–Crippen MR) is 79.2 cm³/mol. The third-order valence-electron chi connectivity index (χ3n) is 3.71. The van der Waals surface area contributed by atoms with E-state index in [0.717, 1.165) is 25.3 Å². The Labute approximate surface area is 124 Å². The van der Waals surface area contributed by atoms with E-state index < -0.39 is 0 Å². The quantitative estimate of drug-likeness (QED) is 0.865. The molecular formula is C17H19NO3. The number of carbonyl (C=O) groups excluding carboxylic acids is 1. The lowest BCUT2D eigenvalue weighted by Gasteiger charge is -2.13. The van der Waals surface area contributed by atoms with Gasteiger partial charge in [-0.1, -0.05) is 25.1 Å². The summed E-state index contributed by atoms with van der Waals surface area (Å²) in [4.78, 5) is 14.1. The first-order valence-corrected chi connectivity index (χ1v) is 7.28. The molecule has 1 aromatic carbocycles. The Morgan fingerprint density at radius 3 is 2.81 bits per heavy atom. The van der Waals surface area contributed by atoms with Gasteiger partial charge in [0, 0.05) is 13.1 Å². The maximum atomic E-state index is 12.3. The van der Waals surface area contributed by atoms with Crippen LogP contribution in [0.1, 0.15) is 29.7 Å². The monoisotopic (exact) mass is 285 g/mol. The Hall–Kier alpha value is -2.23. The molecule has 1 saturated heterocycles.